The Labute approximate surface area is 108 Å². The third-order valence-corrected chi connectivity index (χ3v) is 2.40. The first-order valence-electron chi connectivity index (χ1n) is 5.38. The molecule has 0 saturated heterocycles. The standard InChI is InChI=1S/C13H10N2O4/c16-12-8-9(13(17)18)6-7-11(12)14-15(19)10-4-2-1-3-5-10/h1-8,16H,(H,17,18). The van der Waals surface area contributed by atoms with Crippen molar-refractivity contribution in [1.29, 1.82) is 0 Å². The van der Waals surface area contributed by atoms with Gasteiger partial charge in [0.25, 0.3) is 0 Å². The molecule has 0 heterocycles. The van der Waals surface area contributed by atoms with Crippen molar-refractivity contribution in [2.45, 2.75) is 0 Å². The van der Waals surface area contributed by atoms with Crippen molar-refractivity contribution in [3.05, 3.63) is 59.3 Å². The van der Waals surface area contributed by atoms with E-state index in [4.69, 9.17) is 5.11 Å². The summed E-state index contributed by atoms with van der Waals surface area (Å²) in [7, 11) is 0. The number of nitrogens with zero attached hydrogens (tertiary/aromatic N) is 2. The molecule has 2 rings (SSSR count). The summed E-state index contributed by atoms with van der Waals surface area (Å²) in [5.41, 5.74) is 0.238. The van der Waals surface area contributed by atoms with Crippen LogP contribution in [0.15, 0.2) is 53.6 Å². The van der Waals surface area contributed by atoms with Gasteiger partial charge in [-0.2, -0.15) is 0 Å². The maximum Gasteiger partial charge on any atom is 0.335 e. The van der Waals surface area contributed by atoms with Crippen molar-refractivity contribution in [3.63, 3.8) is 0 Å². The number of benzene rings is 2. The second-order valence-corrected chi connectivity index (χ2v) is 3.72. The lowest BCUT2D eigenvalue weighted by Gasteiger charge is -2.01. The molecule has 0 aromatic heterocycles. The lowest BCUT2D eigenvalue weighted by Crippen LogP contribution is -1.95. The number of carboxylic acids is 1. The molecule has 2 N–H and O–H groups in total. The van der Waals surface area contributed by atoms with E-state index >= 15 is 0 Å². The molecule has 0 spiro atoms. The van der Waals surface area contributed by atoms with Crippen LogP contribution in [0.25, 0.3) is 0 Å². The van der Waals surface area contributed by atoms with Gasteiger partial charge in [0.2, 0.25) is 5.69 Å². The van der Waals surface area contributed by atoms with E-state index in [0.717, 1.165) is 6.07 Å². The van der Waals surface area contributed by atoms with Crippen LogP contribution in [0, 0.1) is 5.21 Å². The van der Waals surface area contributed by atoms with Crippen LogP contribution in [0.2, 0.25) is 0 Å². The van der Waals surface area contributed by atoms with Crippen LogP contribution in [0.3, 0.4) is 0 Å². The highest BCUT2D eigenvalue weighted by molar-refractivity contribution is 5.88. The molecule has 0 aliphatic heterocycles. The second-order valence-electron chi connectivity index (χ2n) is 3.72. The van der Waals surface area contributed by atoms with Crippen molar-refractivity contribution in [1.82, 2.24) is 0 Å². The molecule has 0 fully saturated rings. The van der Waals surface area contributed by atoms with Crippen molar-refractivity contribution < 1.29 is 19.9 Å². The number of aromatic hydroxyl groups is 1. The summed E-state index contributed by atoms with van der Waals surface area (Å²) < 4.78 is 0. The number of rotatable bonds is 3. The molecule has 2 aromatic carbocycles. The van der Waals surface area contributed by atoms with Crippen LogP contribution in [-0.2, 0) is 0 Å². The van der Waals surface area contributed by atoms with Gasteiger partial charge >= 0.3 is 5.97 Å². The number of carboxylic acid groups (broad SMARTS) is 1. The van der Waals surface area contributed by atoms with E-state index in [9.17, 15) is 15.1 Å². The Bertz CT molecular complexity index is 638. The Morgan fingerprint density at radius 3 is 2.42 bits per heavy atom. The molecule has 6 heteroatoms. The zero-order valence-electron chi connectivity index (χ0n) is 9.72. The summed E-state index contributed by atoms with van der Waals surface area (Å²) in [6, 6.07) is 11.8. The molecule has 0 radical (unpaired) electrons. The highest BCUT2D eigenvalue weighted by Gasteiger charge is 2.10. The number of carbonyl (C=O) groups is 1. The monoisotopic (exact) mass is 258 g/mol. The molecule has 6 nitrogen and oxygen atoms in total. The van der Waals surface area contributed by atoms with Gasteiger partial charge in [0, 0.05) is 17.2 Å². The van der Waals surface area contributed by atoms with Crippen LogP contribution in [0.5, 0.6) is 5.75 Å². The SMILES string of the molecule is O=C(O)c1ccc(N=[N+]([O-])c2ccccc2)c(O)c1. The first kappa shape index (κ1) is 12.6. The molecular formula is C13H10N2O4. The van der Waals surface area contributed by atoms with Crippen LogP contribution < -0.4 is 0 Å². The molecule has 0 aliphatic rings. The fourth-order valence-corrected chi connectivity index (χ4v) is 1.45. The third kappa shape index (κ3) is 2.86. The van der Waals surface area contributed by atoms with Crippen molar-refractivity contribution in [2.75, 3.05) is 0 Å². The number of aromatic carboxylic acids is 1. The highest BCUT2D eigenvalue weighted by Crippen LogP contribution is 2.28. The van der Waals surface area contributed by atoms with E-state index in [1.807, 2.05) is 0 Å². The maximum atomic E-state index is 11.7. The minimum absolute atomic E-state index is 0.00357. The first-order chi connectivity index (χ1) is 9.08. The summed E-state index contributed by atoms with van der Waals surface area (Å²) in [4.78, 5) is 11.1. The van der Waals surface area contributed by atoms with Crippen LogP contribution in [0.1, 0.15) is 10.4 Å². The summed E-state index contributed by atoms with van der Waals surface area (Å²) in [6.07, 6.45) is 0. The van der Waals surface area contributed by atoms with Crippen LogP contribution in [0.4, 0.5) is 11.4 Å². The zero-order chi connectivity index (χ0) is 13.8. The maximum absolute atomic E-state index is 11.7. The van der Waals surface area contributed by atoms with Gasteiger partial charge < -0.3 is 15.4 Å². The Morgan fingerprint density at radius 2 is 1.84 bits per heavy atom. The number of hydrogen-bond acceptors (Lipinski definition) is 4. The molecule has 0 atom stereocenters. The quantitative estimate of drug-likeness (QED) is 0.502. The Morgan fingerprint density at radius 1 is 1.16 bits per heavy atom. The Balaban J connectivity index is 2.36. The lowest BCUT2D eigenvalue weighted by atomic mass is 10.2. The predicted molar refractivity (Wildman–Crippen MR) is 66.9 cm³/mol. The summed E-state index contributed by atoms with van der Waals surface area (Å²) >= 11 is 0. The normalized spacial score (nSPS) is 11.3. The third-order valence-electron chi connectivity index (χ3n) is 2.40. The van der Waals surface area contributed by atoms with Gasteiger partial charge in [-0.3, -0.25) is 0 Å². The molecule has 0 aliphatic carbocycles. The number of azo groups is 1. The van der Waals surface area contributed by atoms with Crippen LogP contribution in [-0.4, -0.2) is 21.0 Å². The molecule has 0 bridgehead atoms. The molecule has 19 heavy (non-hydrogen) atoms. The molecule has 2 aromatic rings. The van der Waals surface area contributed by atoms with Crippen molar-refractivity contribution in [2.24, 2.45) is 5.11 Å². The van der Waals surface area contributed by atoms with E-state index < -0.39 is 5.97 Å². The largest absolute Gasteiger partial charge is 0.594 e. The van der Waals surface area contributed by atoms with E-state index in [1.165, 1.54) is 12.1 Å². The fraction of sp³-hybridized carbons (Fsp3) is 0. The zero-order valence-corrected chi connectivity index (χ0v) is 9.72. The first-order valence-corrected chi connectivity index (χ1v) is 5.38. The van der Waals surface area contributed by atoms with Gasteiger partial charge in [0.15, 0.2) is 5.69 Å². The molecular weight excluding hydrogens is 248 g/mol. The molecule has 0 amide bonds. The second kappa shape index (κ2) is 5.18. The number of hydrogen-bond donors (Lipinski definition) is 2. The molecule has 0 saturated carbocycles. The lowest BCUT2D eigenvalue weighted by molar-refractivity contribution is -0.435. The van der Waals surface area contributed by atoms with Gasteiger partial charge in [-0.1, -0.05) is 18.2 Å². The van der Waals surface area contributed by atoms with Crippen LogP contribution >= 0.6 is 0 Å². The van der Waals surface area contributed by atoms with Crippen molar-refractivity contribution >= 4 is 17.3 Å². The van der Waals surface area contributed by atoms with E-state index in [-0.39, 0.29) is 17.0 Å². The van der Waals surface area contributed by atoms with Gasteiger partial charge in [-0.25, -0.2) is 4.79 Å². The van der Waals surface area contributed by atoms with E-state index in [0.29, 0.717) is 10.5 Å². The number of para-hydroxylation sites is 1. The average Bonchev–Trinajstić information content (AvgIpc) is 2.41. The minimum atomic E-state index is -1.16. The van der Waals surface area contributed by atoms with Gasteiger partial charge in [-0.05, 0) is 23.1 Å². The van der Waals surface area contributed by atoms with E-state index in [2.05, 4.69) is 5.11 Å². The van der Waals surface area contributed by atoms with E-state index in [1.54, 1.807) is 30.3 Å². The van der Waals surface area contributed by atoms with Gasteiger partial charge in [0.05, 0.1) is 5.56 Å². The van der Waals surface area contributed by atoms with Crippen molar-refractivity contribution in [3.8, 4) is 5.75 Å². The summed E-state index contributed by atoms with van der Waals surface area (Å²) in [6.45, 7) is 0. The minimum Gasteiger partial charge on any atom is -0.594 e. The summed E-state index contributed by atoms with van der Waals surface area (Å²) in [5.74, 6) is -1.53. The average molecular weight is 258 g/mol. The number of phenolic OH excluding ortho intramolecular Hbond substituents is 1. The topological polar surface area (TPSA) is 96.0 Å². The Kier molecular flexibility index (Phi) is 3.42. The fourth-order valence-electron chi connectivity index (χ4n) is 1.45. The molecule has 96 valence electrons. The smallest absolute Gasteiger partial charge is 0.335 e. The summed E-state index contributed by atoms with van der Waals surface area (Å²) in [5, 5.41) is 33.7. The van der Waals surface area contributed by atoms with Gasteiger partial charge in [-0.15, -0.1) is 0 Å². The number of phenols is 1. The molecule has 0 unspecified atom stereocenters. The highest BCUT2D eigenvalue weighted by atomic mass is 16.5. The van der Waals surface area contributed by atoms with Gasteiger partial charge in [0.1, 0.15) is 5.75 Å². The Hall–Kier alpha value is -2.89. The predicted octanol–water partition coefficient (Wildman–Crippen LogP) is 3.02.